The molecule has 0 N–H and O–H groups in total. The molecule has 0 saturated heterocycles. The summed E-state index contributed by atoms with van der Waals surface area (Å²) >= 11 is 0. The van der Waals surface area contributed by atoms with Crippen LogP contribution in [0.25, 0.3) is 0 Å². The van der Waals surface area contributed by atoms with Gasteiger partial charge in [-0.2, -0.15) is 0 Å². The lowest BCUT2D eigenvalue weighted by Gasteiger charge is -2.26. The minimum absolute atomic E-state index is 0.144. The molecule has 0 saturated carbocycles. The molecular formula is C59H105NO8. The number of carbonyl (C=O) groups is 3. The summed E-state index contributed by atoms with van der Waals surface area (Å²) in [5.74, 6) is -2.30. The van der Waals surface area contributed by atoms with Crippen LogP contribution >= 0.6 is 0 Å². The van der Waals surface area contributed by atoms with E-state index in [4.69, 9.17) is 18.9 Å². The predicted molar refractivity (Wildman–Crippen MR) is 283 cm³/mol. The van der Waals surface area contributed by atoms with E-state index >= 15 is 0 Å². The number of allylic oxidation sites excluding steroid dienone is 10. The van der Waals surface area contributed by atoms with Crippen molar-refractivity contribution in [3.63, 3.8) is 0 Å². The molecule has 0 rings (SSSR count). The molecule has 0 radical (unpaired) electrons. The van der Waals surface area contributed by atoms with Crippen molar-refractivity contribution in [3.05, 3.63) is 60.8 Å². The van der Waals surface area contributed by atoms with Gasteiger partial charge in [-0.25, -0.2) is 0 Å². The Morgan fingerprint density at radius 2 is 0.794 bits per heavy atom. The van der Waals surface area contributed by atoms with Gasteiger partial charge < -0.3 is 33.3 Å². The number of quaternary nitrogens is 1. The van der Waals surface area contributed by atoms with Gasteiger partial charge in [-0.15, -0.1) is 0 Å². The van der Waals surface area contributed by atoms with Gasteiger partial charge >= 0.3 is 11.9 Å². The van der Waals surface area contributed by atoms with E-state index in [1.54, 1.807) is 0 Å². The second-order valence-electron chi connectivity index (χ2n) is 19.9. The number of carboxylic acid groups (broad SMARTS) is 1. The number of carbonyl (C=O) groups excluding carboxylic acids is 3. The van der Waals surface area contributed by atoms with Crippen molar-refractivity contribution in [2.45, 2.75) is 251 Å². The summed E-state index contributed by atoms with van der Waals surface area (Å²) in [7, 11) is 5.91. The topological polar surface area (TPSA) is 111 Å². The van der Waals surface area contributed by atoms with Crippen molar-refractivity contribution in [2.24, 2.45) is 0 Å². The lowest BCUT2D eigenvalue weighted by Crippen LogP contribution is -2.44. The fourth-order valence-corrected chi connectivity index (χ4v) is 7.63. The summed E-state index contributed by atoms with van der Waals surface area (Å²) in [6, 6.07) is 0. The van der Waals surface area contributed by atoms with Crippen LogP contribution in [0, 0.1) is 0 Å². The van der Waals surface area contributed by atoms with Gasteiger partial charge in [0.2, 0.25) is 0 Å². The van der Waals surface area contributed by atoms with Gasteiger partial charge in [0.1, 0.15) is 13.2 Å². The second kappa shape index (κ2) is 50.4. The Labute approximate surface area is 418 Å². The third-order valence-corrected chi connectivity index (χ3v) is 12.0. The molecule has 0 amide bonds. The van der Waals surface area contributed by atoms with E-state index in [2.05, 4.69) is 74.6 Å². The number of hydrogen-bond acceptors (Lipinski definition) is 8. The van der Waals surface area contributed by atoms with Crippen molar-refractivity contribution >= 4 is 17.9 Å². The molecule has 0 aromatic carbocycles. The van der Waals surface area contributed by atoms with Crippen molar-refractivity contribution in [2.75, 3.05) is 47.5 Å². The maximum Gasteiger partial charge on any atom is 0.306 e. The van der Waals surface area contributed by atoms with E-state index < -0.39 is 24.3 Å². The summed E-state index contributed by atoms with van der Waals surface area (Å²) in [6.07, 6.45) is 59.7. The Morgan fingerprint density at radius 1 is 0.441 bits per heavy atom. The van der Waals surface area contributed by atoms with E-state index in [0.29, 0.717) is 17.4 Å². The third-order valence-electron chi connectivity index (χ3n) is 12.0. The Hall–Kier alpha value is -3.01. The molecule has 68 heavy (non-hydrogen) atoms. The van der Waals surface area contributed by atoms with Crippen LogP contribution < -0.4 is 5.11 Å². The summed E-state index contributed by atoms with van der Waals surface area (Å²) < 4.78 is 22.7. The molecule has 0 aromatic rings. The van der Waals surface area contributed by atoms with Crippen molar-refractivity contribution in [1.29, 1.82) is 0 Å². The molecule has 0 aliphatic heterocycles. The van der Waals surface area contributed by atoms with Crippen molar-refractivity contribution < 1.29 is 42.9 Å². The average molecular weight is 956 g/mol. The molecule has 0 fully saturated rings. The Bertz CT molecular complexity index is 1300. The van der Waals surface area contributed by atoms with Crippen molar-refractivity contribution in [1.82, 2.24) is 0 Å². The molecule has 0 bridgehead atoms. The quantitative estimate of drug-likeness (QED) is 0.0195. The molecule has 2 atom stereocenters. The van der Waals surface area contributed by atoms with Crippen LogP contribution in [0.1, 0.15) is 239 Å². The maximum atomic E-state index is 12.8. The molecule has 9 nitrogen and oxygen atoms in total. The van der Waals surface area contributed by atoms with E-state index in [1.807, 2.05) is 21.1 Å². The summed E-state index contributed by atoms with van der Waals surface area (Å²) in [5.41, 5.74) is 0. The van der Waals surface area contributed by atoms with Crippen LogP contribution in [0.15, 0.2) is 60.8 Å². The van der Waals surface area contributed by atoms with E-state index in [-0.39, 0.29) is 38.6 Å². The SMILES string of the molecule is CCCCCC/C=C\C/C=C\CCCCCCCCCC(=O)OCC(COC(OCC[N+](C)(C)C)C(=O)[O-])OC(=O)CCCCCCCCCCCC/C=C\C/C=C\C/C=C\CCCCCCC. The normalized spacial score (nSPS) is 13.2. The van der Waals surface area contributed by atoms with Crippen LogP contribution in [0.4, 0.5) is 0 Å². The van der Waals surface area contributed by atoms with Gasteiger partial charge in [-0.1, -0.05) is 203 Å². The maximum absolute atomic E-state index is 12.8. The molecule has 0 aromatic heterocycles. The van der Waals surface area contributed by atoms with Crippen LogP contribution in [-0.2, 0) is 33.3 Å². The number of rotatable bonds is 51. The molecule has 0 aliphatic rings. The zero-order valence-corrected chi connectivity index (χ0v) is 44.7. The highest BCUT2D eigenvalue weighted by molar-refractivity contribution is 5.70. The fourth-order valence-electron chi connectivity index (χ4n) is 7.63. The van der Waals surface area contributed by atoms with Gasteiger partial charge in [0, 0.05) is 12.8 Å². The van der Waals surface area contributed by atoms with E-state index in [9.17, 15) is 19.5 Å². The number of unbranched alkanes of at least 4 members (excludes halogenated alkanes) is 26. The zero-order valence-electron chi connectivity index (χ0n) is 44.7. The average Bonchev–Trinajstić information content (AvgIpc) is 3.30. The van der Waals surface area contributed by atoms with Gasteiger partial charge in [-0.05, 0) is 83.5 Å². The van der Waals surface area contributed by atoms with Gasteiger partial charge in [0.25, 0.3) is 0 Å². The highest BCUT2D eigenvalue weighted by Crippen LogP contribution is 2.15. The first-order chi connectivity index (χ1) is 33.1. The number of likely N-dealkylation sites (N-methyl/N-ethyl adjacent to an activating group) is 1. The standard InChI is InChI=1S/C59H105NO8/c1-6-8-10-12-14-16-18-20-22-24-26-27-28-29-30-31-32-34-36-38-40-42-44-46-48-50-57(62)68-55(54-67-59(58(63)64)65-52-51-60(3,4)5)53-66-56(61)49-47-45-43-41-39-37-35-33-25-23-21-19-17-15-13-11-9-7-2/h17-20,23-26,28-29,55,59H,6-16,21-22,27,30-54H2,1-5H3/b19-17-,20-18-,25-23-,26-24-,29-28-. The largest absolute Gasteiger partial charge is 0.545 e. The van der Waals surface area contributed by atoms with Gasteiger partial charge in [0.05, 0.1) is 40.3 Å². The number of hydrogen-bond donors (Lipinski definition) is 0. The first kappa shape index (κ1) is 65.0. The molecule has 0 spiro atoms. The van der Waals surface area contributed by atoms with Crippen LogP contribution in [-0.4, -0.2) is 82.3 Å². The summed E-state index contributed by atoms with van der Waals surface area (Å²) in [6.45, 7) is 4.71. The minimum Gasteiger partial charge on any atom is -0.545 e. The Morgan fingerprint density at radius 3 is 1.19 bits per heavy atom. The molecular weight excluding hydrogens is 851 g/mol. The molecule has 394 valence electrons. The minimum atomic E-state index is -1.63. The number of carboxylic acids is 1. The molecule has 0 aliphatic carbocycles. The summed E-state index contributed by atoms with van der Waals surface area (Å²) in [5, 5.41) is 11.8. The second-order valence-corrected chi connectivity index (χ2v) is 19.9. The lowest BCUT2D eigenvalue weighted by molar-refractivity contribution is -0.870. The van der Waals surface area contributed by atoms with E-state index in [0.717, 1.165) is 77.0 Å². The Kier molecular flexibility index (Phi) is 48.2. The monoisotopic (exact) mass is 956 g/mol. The highest BCUT2D eigenvalue weighted by Gasteiger charge is 2.22. The zero-order chi connectivity index (χ0) is 49.9. The van der Waals surface area contributed by atoms with Crippen molar-refractivity contribution in [3.8, 4) is 0 Å². The first-order valence-corrected chi connectivity index (χ1v) is 27.9. The third kappa shape index (κ3) is 50.9. The van der Waals surface area contributed by atoms with Crippen LogP contribution in [0.3, 0.4) is 0 Å². The molecule has 2 unspecified atom stereocenters. The predicted octanol–water partition coefficient (Wildman–Crippen LogP) is 14.7. The lowest BCUT2D eigenvalue weighted by atomic mass is 10.0. The summed E-state index contributed by atoms with van der Waals surface area (Å²) in [4.78, 5) is 37.2. The highest BCUT2D eigenvalue weighted by atomic mass is 16.7. The number of nitrogens with zero attached hydrogens (tertiary/aromatic N) is 1. The first-order valence-electron chi connectivity index (χ1n) is 27.9. The number of aliphatic carboxylic acids is 1. The number of esters is 2. The fraction of sp³-hybridized carbons (Fsp3) is 0.780. The molecule has 0 heterocycles. The van der Waals surface area contributed by atoms with Gasteiger partial charge in [-0.3, -0.25) is 9.59 Å². The smallest absolute Gasteiger partial charge is 0.306 e. The Balaban J connectivity index is 4.30. The van der Waals surface area contributed by atoms with Gasteiger partial charge in [0.15, 0.2) is 12.4 Å². The molecule has 9 heteroatoms. The number of ether oxygens (including phenoxy) is 4. The van der Waals surface area contributed by atoms with Crippen LogP contribution in [0.5, 0.6) is 0 Å². The van der Waals surface area contributed by atoms with E-state index in [1.165, 1.54) is 128 Å². The van der Waals surface area contributed by atoms with Crippen LogP contribution in [0.2, 0.25) is 0 Å².